The van der Waals surface area contributed by atoms with Gasteiger partial charge in [0.2, 0.25) is 0 Å². The van der Waals surface area contributed by atoms with Crippen molar-refractivity contribution in [3.05, 3.63) is 90.2 Å². The van der Waals surface area contributed by atoms with Crippen LogP contribution in [0.2, 0.25) is 0 Å². The van der Waals surface area contributed by atoms with Crippen LogP contribution in [0.4, 0.5) is 0 Å². The van der Waals surface area contributed by atoms with E-state index in [1.807, 2.05) is 54.6 Å². The summed E-state index contributed by atoms with van der Waals surface area (Å²) in [5.74, 6) is 0.886. The Labute approximate surface area is 144 Å². The minimum absolute atomic E-state index is 0.201. The number of H-pyrrole nitrogens is 1. The van der Waals surface area contributed by atoms with Crippen LogP contribution in [0.5, 0.6) is 0 Å². The molecule has 2 heterocycles. The van der Waals surface area contributed by atoms with Gasteiger partial charge in [-0.25, -0.2) is 4.98 Å². The summed E-state index contributed by atoms with van der Waals surface area (Å²) >= 11 is 0. The van der Waals surface area contributed by atoms with Crippen LogP contribution in [-0.4, -0.2) is 15.9 Å². The van der Waals surface area contributed by atoms with Crippen LogP contribution in [0.15, 0.2) is 77.5 Å². The van der Waals surface area contributed by atoms with E-state index in [4.69, 9.17) is 4.42 Å². The highest BCUT2D eigenvalue weighted by atomic mass is 16.3. The average Bonchev–Trinajstić information content (AvgIpc) is 3.31. The molecular weight excluding hydrogens is 314 g/mol. The molecular formula is C20H17N3O2. The molecule has 1 atom stereocenters. The number of furan rings is 1. The van der Waals surface area contributed by atoms with Crippen molar-refractivity contribution in [2.24, 2.45) is 0 Å². The van der Waals surface area contributed by atoms with E-state index in [2.05, 4.69) is 15.3 Å². The molecule has 4 rings (SSSR count). The van der Waals surface area contributed by atoms with Crippen LogP contribution < -0.4 is 5.32 Å². The summed E-state index contributed by atoms with van der Waals surface area (Å²) in [6.07, 6.45) is 4.06. The monoisotopic (exact) mass is 331 g/mol. The molecule has 25 heavy (non-hydrogen) atoms. The summed E-state index contributed by atoms with van der Waals surface area (Å²) in [6, 6.07) is 19.0. The van der Waals surface area contributed by atoms with E-state index in [0.29, 0.717) is 17.8 Å². The fourth-order valence-corrected chi connectivity index (χ4v) is 2.86. The Morgan fingerprint density at radius 3 is 2.68 bits per heavy atom. The van der Waals surface area contributed by atoms with E-state index in [0.717, 1.165) is 16.8 Å². The molecule has 5 heteroatoms. The van der Waals surface area contributed by atoms with Gasteiger partial charge >= 0.3 is 0 Å². The molecule has 2 aromatic heterocycles. The number of nitrogens with one attached hydrogen (secondary N) is 2. The number of carbonyl (C=O) groups is 1. The summed E-state index contributed by atoms with van der Waals surface area (Å²) in [4.78, 5) is 20.0. The van der Waals surface area contributed by atoms with Gasteiger partial charge in [0.1, 0.15) is 11.4 Å². The Hall–Kier alpha value is -3.34. The maximum Gasteiger partial charge on any atom is 0.287 e. The van der Waals surface area contributed by atoms with Gasteiger partial charge in [-0.15, -0.1) is 0 Å². The maximum atomic E-state index is 12.7. The zero-order chi connectivity index (χ0) is 17.1. The number of nitrogens with zero attached hydrogens (tertiary/aromatic N) is 1. The zero-order valence-corrected chi connectivity index (χ0v) is 13.5. The van der Waals surface area contributed by atoms with Crippen LogP contribution in [0.25, 0.3) is 11.0 Å². The SMILES string of the molecule is O=C(N[C@@H](Cc1ncc[nH]1)c1ccccc1)c1cc2ccccc2o1. The van der Waals surface area contributed by atoms with Crippen LogP contribution in [0.1, 0.15) is 28.0 Å². The van der Waals surface area contributed by atoms with Gasteiger partial charge in [0.05, 0.1) is 6.04 Å². The lowest BCUT2D eigenvalue weighted by Crippen LogP contribution is -2.30. The van der Waals surface area contributed by atoms with Crippen molar-refractivity contribution in [1.82, 2.24) is 15.3 Å². The van der Waals surface area contributed by atoms with Crippen molar-refractivity contribution in [1.29, 1.82) is 0 Å². The first-order chi connectivity index (χ1) is 12.3. The van der Waals surface area contributed by atoms with Crippen molar-refractivity contribution in [2.75, 3.05) is 0 Å². The number of para-hydroxylation sites is 1. The average molecular weight is 331 g/mol. The van der Waals surface area contributed by atoms with E-state index in [1.54, 1.807) is 18.5 Å². The van der Waals surface area contributed by atoms with Gasteiger partial charge in [-0.3, -0.25) is 4.79 Å². The molecule has 0 spiro atoms. The smallest absolute Gasteiger partial charge is 0.287 e. The zero-order valence-electron chi connectivity index (χ0n) is 13.5. The highest BCUT2D eigenvalue weighted by Crippen LogP contribution is 2.21. The Morgan fingerprint density at radius 2 is 1.92 bits per heavy atom. The summed E-state index contributed by atoms with van der Waals surface area (Å²) in [5, 5.41) is 3.97. The molecule has 0 radical (unpaired) electrons. The third-order valence-corrected chi connectivity index (χ3v) is 4.11. The topological polar surface area (TPSA) is 70.9 Å². The Morgan fingerprint density at radius 1 is 1.12 bits per heavy atom. The molecule has 0 fully saturated rings. The quantitative estimate of drug-likeness (QED) is 0.583. The molecule has 0 unspecified atom stereocenters. The first-order valence-electron chi connectivity index (χ1n) is 8.12. The second kappa shape index (κ2) is 6.65. The van der Waals surface area contributed by atoms with Gasteiger partial charge in [-0.1, -0.05) is 48.5 Å². The van der Waals surface area contributed by atoms with Crippen LogP contribution in [0.3, 0.4) is 0 Å². The number of hydrogen-bond acceptors (Lipinski definition) is 3. The van der Waals surface area contributed by atoms with Gasteiger partial charge in [0.15, 0.2) is 5.76 Å². The van der Waals surface area contributed by atoms with Gasteiger partial charge in [0.25, 0.3) is 5.91 Å². The van der Waals surface area contributed by atoms with Crippen molar-refractivity contribution in [3.8, 4) is 0 Å². The van der Waals surface area contributed by atoms with Crippen molar-refractivity contribution in [2.45, 2.75) is 12.5 Å². The molecule has 124 valence electrons. The third kappa shape index (κ3) is 3.30. The minimum atomic E-state index is -0.239. The second-order valence-electron chi connectivity index (χ2n) is 5.83. The van der Waals surface area contributed by atoms with Gasteiger partial charge in [-0.2, -0.15) is 0 Å². The second-order valence-corrected chi connectivity index (χ2v) is 5.83. The predicted molar refractivity (Wildman–Crippen MR) is 95.2 cm³/mol. The molecule has 0 aliphatic carbocycles. The molecule has 5 nitrogen and oxygen atoms in total. The van der Waals surface area contributed by atoms with Gasteiger partial charge in [-0.05, 0) is 17.7 Å². The number of carbonyl (C=O) groups excluding carboxylic acids is 1. The fraction of sp³-hybridized carbons (Fsp3) is 0.100. The number of hydrogen-bond donors (Lipinski definition) is 2. The van der Waals surface area contributed by atoms with E-state index in [1.165, 1.54) is 0 Å². The van der Waals surface area contributed by atoms with Crippen molar-refractivity contribution >= 4 is 16.9 Å². The minimum Gasteiger partial charge on any atom is -0.451 e. The van der Waals surface area contributed by atoms with Crippen molar-refractivity contribution < 1.29 is 9.21 Å². The fourth-order valence-electron chi connectivity index (χ4n) is 2.86. The largest absolute Gasteiger partial charge is 0.451 e. The highest BCUT2D eigenvalue weighted by molar-refractivity contribution is 5.96. The lowest BCUT2D eigenvalue weighted by atomic mass is 10.0. The number of amides is 1. The van der Waals surface area contributed by atoms with E-state index in [9.17, 15) is 4.79 Å². The Kier molecular flexibility index (Phi) is 4.04. The van der Waals surface area contributed by atoms with Crippen molar-refractivity contribution in [3.63, 3.8) is 0 Å². The van der Waals surface area contributed by atoms with E-state index >= 15 is 0 Å². The van der Waals surface area contributed by atoms with Crippen LogP contribution in [-0.2, 0) is 6.42 Å². The van der Waals surface area contributed by atoms with Gasteiger partial charge in [0, 0.05) is 24.2 Å². The lowest BCUT2D eigenvalue weighted by Gasteiger charge is -2.17. The molecule has 0 bridgehead atoms. The maximum absolute atomic E-state index is 12.7. The van der Waals surface area contributed by atoms with E-state index in [-0.39, 0.29) is 11.9 Å². The third-order valence-electron chi connectivity index (χ3n) is 4.11. The first kappa shape index (κ1) is 15.2. The standard InChI is InChI=1S/C20H17N3O2/c24-20(18-12-15-8-4-5-9-17(15)25-18)23-16(13-19-21-10-11-22-19)14-6-2-1-3-7-14/h1-12,16H,13H2,(H,21,22)(H,23,24)/t16-/m0/s1. The molecule has 1 amide bonds. The normalized spacial score (nSPS) is 12.2. The van der Waals surface area contributed by atoms with E-state index < -0.39 is 0 Å². The number of fused-ring (bicyclic) bond motifs is 1. The predicted octanol–water partition coefficient (Wildman–Crippen LogP) is 3.87. The number of benzene rings is 2. The van der Waals surface area contributed by atoms with Gasteiger partial charge < -0.3 is 14.7 Å². The highest BCUT2D eigenvalue weighted by Gasteiger charge is 2.19. The number of rotatable bonds is 5. The summed E-state index contributed by atoms with van der Waals surface area (Å²) in [6.45, 7) is 0. The summed E-state index contributed by atoms with van der Waals surface area (Å²) < 4.78 is 5.67. The number of aromatic nitrogens is 2. The van der Waals surface area contributed by atoms with Crippen LogP contribution >= 0.6 is 0 Å². The van der Waals surface area contributed by atoms with Crippen LogP contribution in [0, 0.1) is 0 Å². The summed E-state index contributed by atoms with van der Waals surface area (Å²) in [7, 11) is 0. The number of imidazole rings is 1. The lowest BCUT2D eigenvalue weighted by molar-refractivity contribution is 0.0910. The molecule has 4 aromatic rings. The molecule has 0 aliphatic heterocycles. The molecule has 0 saturated carbocycles. The Balaban J connectivity index is 1.60. The Bertz CT molecular complexity index is 942. The summed E-state index contributed by atoms with van der Waals surface area (Å²) in [5.41, 5.74) is 1.72. The molecule has 0 aliphatic rings. The molecule has 0 saturated heterocycles. The first-order valence-corrected chi connectivity index (χ1v) is 8.12. The molecule has 2 aromatic carbocycles. The molecule has 2 N–H and O–H groups in total. The number of aromatic amines is 1.